The summed E-state index contributed by atoms with van der Waals surface area (Å²) in [7, 11) is 0.870. The molecule has 0 spiro atoms. The third-order valence-corrected chi connectivity index (χ3v) is 3.80. The summed E-state index contributed by atoms with van der Waals surface area (Å²) in [5.41, 5.74) is -2.30. The number of nitrogens with one attached hydrogen (secondary N) is 1. The summed E-state index contributed by atoms with van der Waals surface area (Å²) in [6, 6.07) is 7.83. The Morgan fingerprint density at radius 1 is 1.30 bits per heavy atom. The maximum Gasteiger partial charge on any atom is 0.431 e. The molecule has 0 aliphatic rings. The van der Waals surface area contributed by atoms with Gasteiger partial charge in [0.05, 0.1) is 12.2 Å². The number of aromatic nitrogens is 1. The van der Waals surface area contributed by atoms with Gasteiger partial charge in [0, 0.05) is 13.6 Å². The van der Waals surface area contributed by atoms with Gasteiger partial charge < -0.3 is 19.7 Å². The topological polar surface area (TPSA) is 80.6 Å². The number of halogens is 3. The van der Waals surface area contributed by atoms with Gasteiger partial charge in [0.1, 0.15) is 11.4 Å². The lowest BCUT2D eigenvalue weighted by atomic mass is 10.1. The van der Waals surface area contributed by atoms with Crippen LogP contribution < -0.4 is 15.6 Å². The second-order valence-electron chi connectivity index (χ2n) is 5.93. The molecule has 0 bridgehead atoms. The molecule has 146 valence electrons. The van der Waals surface area contributed by atoms with E-state index in [2.05, 4.69) is 5.32 Å². The van der Waals surface area contributed by atoms with Gasteiger partial charge in [-0.25, -0.2) is 0 Å². The van der Waals surface area contributed by atoms with Crippen LogP contribution in [0.25, 0.3) is 0 Å². The molecule has 1 aromatic heterocycles. The highest BCUT2D eigenvalue weighted by atomic mass is 19.4. The summed E-state index contributed by atoms with van der Waals surface area (Å²) in [5, 5.41) is 12.1. The largest absolute Gasteiger partial charge is 0.502 e. The number of alkyl halides is 3. The van der Waals surface area contributed by atoms with Crippen molar-refractivity contribution >= 4 is 5.91 Å². The molecule has 0 saturated carbocycles. The molecule has 1 amide bonds. The predicted octanol–water partition coefficient (Wildman–Crippen LogP) is 2.62. The standard InChI is InChI=1S/C18H19F3N2O4/c1-11-5-3-6-12(9-11)27-8-4-7-22-16(25)13-10-14(18(19,20)21)23(2)17(26)15(13)24/h3,5-6,9-10,24H,4,7-8H2,1-2H3,(H,22,25). The smallest absolute Gasteiger partial charge is 0.431 e. The van der Waals surface area contributed by atoms with Gasteiger partial charge in [-0.05, 0) is 37.1 Å². The Morgan fingerprint density at radius 3 is 2.63 bits per heavy atom. The zero-order valence-corrected chi connectivity index (χ0v) is 14.8. The third kappa shape index (κ3) is 5.02. The Bertz CT molecular complexity index is 891. The molecule has 1 aromatic carbocycles. The molecular weight excluding hydrogens is 365 g/mol. The highest BCUT2D eigenvalue weighted by molar-refractivity contribution is 5.96. The Hall–Kier alpha value is -2.97. The molecule has 2 rings (SSSR count). The lowest BCUT2D eigenvalue weighted by Gasteiger charge is -2.14. The van der Waals surface area contributed by atoms with Gasteiger partial charge in [-0.15, -0.1) is 0 Å². The van der Waals surface area contributed by atoms with Crippen LogP contribution in [-0.4, -0.2) is 28.7 Å². The van der Waals surface area contributed by atoms with Crippen LogP contribution >= 0.6 is 0 Å². The summed E-state index contributed by atoms with van der Waals surface area (Å²) in [5.74, 6) is -1.33. The first-order valence-electron chi connectivity index (χ1n) is 8.09. The minimum atomic E-state index is -4.84. The quantitative estimate of drug-likeness (QED) is 0.751. The molecule has 0 saturated heterocycles. The van der Waals surface area contributed by atoms with E-state index < -0.39 is 34.6 Å². The number of amides is 1. The molecule has 6 nitrogen and oxygen atoms in total. The van der Waals surface area contributed by atoms with E-state index in [9.17, 15) is 27.9 Å². The van der Waals surface area contributed by atoms with Crippen molar-refractivity contribution in [3.8, 4) is 11.5 Å². The minimum absolute atomic E-state index is 0.0979. The number of hydrogen-bond acceptors (Lipinski definition) is 4. The van der Waals surface area contributed by atoms with Gasteiger partial charge >= 0.3 is 6.18 Å². The molecule has 0 aliphatic heterocycles. The number of hydrogen-bond donors (Lipinski definition) is 2. The monoisotopic (exact) mass is 384 g/mol. The highest BCUT2D eigenvalue weighted by Crippen LogP contribution is 2.30. The summed E-state index contributed by atoms with van der Waals surface area (Å²) >= 11 is 0. The molecule has 0 unspecified atom stereocenters. The number of carbonyl (C=O) groups excluding carboxylic acids is 1. The van der Waals surface area contributed by atoms with E-state index in [1.807, 2.05) is 25.1 Å². The molecular formula is C18H19F3N2O4. The Balaban J connectivity index is 1.98. The maximum absolute atomic E-state index is 13.0. The molecule has 2 aromatic rings. The highest BCUT2D eigenvalue weighted by Gasteiger charge is 2.36. The Kier molecular flexibility index (Phi) is 6.14. The van der Waals surface area contributed by atoms with Gasteiger partial charge in [-0.3, -0.25) is 9.59 Å². The zero-order valence-electron chi connectivity index (χ0n) is 14.8. The van der Waals surface area contributed by atoms with Crippen molar-refractivity contribution in [2.24, 2.45) is 7.05 Å². The molecule has 0 aliphatic carbocycles. The molecule has 2 N–H and O–H groups in total. The summed E-state index contributed by atoms with van der Waals surface area (Å²) < 4.78 is 44.6. The fourth-order valence-corrected chi connectivity index (χ4v) is 2.39. The summed E-state index contributed by atoms with van der Waals surface area (Å²) in [4.78, 5) is 23.8. The lowest BCUT2D eigenvalue weighted by molar-refractivity contribution is -0.143. The van der Waals surface area contributed by atoms with Crippen molar-refractivity contribution in [2.45, 2.75) is 19.5 Å². The van der Waals surface area contributed by atoms with Crippen molar-refractivity contribution in [3.63, 3.8) is 0 Å². The first-order chi connectivity index (χ1) is 12.6. The first-order valence-corrected chi connectivity index (χ1v) is 8.09. The molecule has 0 radical (unpaired) electrons. The van der Waals surface area contributed by atoms with Crippen LogP contribution in [0.4, 0.5) is 13.2 Å². The second-order valence-corrected chi connectivity index (χ2v) is 5.93. The van der Waals surface area contributed by atoms with Crippen LogP contribution in [0, 0.1) is 6.92 Å². The van der Waals surface area contributed by atoms with E-state index in [-0.39, 0.29) is 17.7 Å². The predicted molar refractivity (Wildman–Crippen MR) is 92.0 cm³/mol. The number of nitrogens with zero attached hydrogens (tertiary/aromatic N) is 1. The average molecular weight is 384 g/mol. The number of benzene rings is 1. The molecule has 9 heteroatoms. The van der Waals surface area contributed by atoms with Crippen LogP contribution in [0.5, 0.6) is 11.5 Å². The van der Waals surface area contributed by atoms with Crippen LogP contribution in [0.2, 0.25) is 0 Å². The molecule has 1 heterocycles. The van der Waals surface area contributed by atoms with Crippen molar-refractivity contribution in [2.75, 3.05) is 13.2 Å². The van der Waals surface area contributed by atoms with E-state index in [4.69, 9.17) is 4.74 Å². The Labute approximate surface area is 153 Å². The van der Waals surface area contributed by atoms with Crippen molar-refractivity contribution in [3.05, 3.63) is 57.5 Å². The third-order valence-electron chi connectivity index (χ3n) is 3.80. The van der Waals surface area contributed by atoms with Crippen LogP contribution in [0.15, 0.2) is 35.1 Å². The van der Waals surface area contributed by atoms with Crippen molar-refractivity contribution in [1.29, 1.82) is 0 Å². The summed E-state index contributed by atoms with van der Waals surface area (Å²) in [6.45, 7) is 2.29. The SMILES string of the molecule is Cc1cccc(OCCCNC(=O)c2cc(C(F)(F)F)n(C)c(=O)c2O)c1. The normalized spacial score (nSPS) is 11.3. The van der Waals surface area contributed by atoms with E-state index in [1.165, 1.54) is 0 Å². The number of aromatic hydroxyl groups is 1. The summed E-state index contributed by atoms with van der Waals surface area (Å²) in [6.07, 6.45) is -4.45. The lowest BCUT2D eigenvalue weighted by Crippen LogP contribution is -2.31. The van der Waals surface area contributed by atoms with Crippen LogP contribution in [0.3, 0.4) is 0 Å². The van der Waals surface area contributed by atoms with Crippen LogP contribution in [-0.2, 0) is 13.2 Å². The van der Waals surface area contributed by atoms with Gasteiger partial charge in [0.2, 0.25) is 0 Å². The fraction of sp³-hybridized carbons (Fsp3) is 0.333. The Morgan fingerprint density at radius 2 is 2.00 bits per heavy atom. The maximum atomic E-state index is 13.0. The van der Waals surface area contributed by atoms with Gasteiger partial charge in [-0.2, -0.15) is 13.2 Å². The van der Waals surface area contributed by atoms with E-state index in [0.29, 0.717) is 18.2 Å². The van der Waals surface area contributed by atoms with Gasteiger partial charge in [-0.1, -0.05) is 12.1 Å². The average Bonchev–Trinajstić information content (AvgIpc) is 2.58. The zero-order chi connectivity index (χ0) is 20.2. The van der Waals surface area contributed by atoms with E-state index >= 15 is 0 Å². The number of pyridine rings is 1. The van der Waals surface area contributed by atoms with Crippen molar-refractivity contribution < 1.29 is 27.8 Å². The molecule has 0 fully saturated rings. The van der Waals surface area contributed by atoms with Crippen LogP contribution in [0.1, 0.15) is 28.0 Å². The molecule has 27 heavy (non-hydrogen) atoms. The fourth-order valence-electron chi connectivity index (χ4n) is 2.39. The van der Waals surface area contributed by atoms with Crippen molar-refractivity contribution in [1.82, 2.24) is 9.88 Å². The van der Waals surface area contributed by atoms with E-state index in [1.54, 1.807) is 6.07 Å². The number of ether oxygens (including phenoxy) is 1. The number of rotatable bonds is 6. The molecule has 0 atom stereocenters. The first kappa shape index (κ1) is 20.3. The number of aryl methyl sites for hydroxylation is 1. The number of carbonyl (C=O) groups is 1. The van der Waals surface area contributed by atoms with Gasteiger partial charge in [0.25, 0.3) is 11.5 Å². The van der Waals surface area contributed by atoms with Gasteiger partial charge in [0.15, 0.2) is 5.75 Å². The minimum Gasteiger partial charge on any atom is -0.502 e. The second kappa shape index (κ2) is 8.15. The van der Waals surface area contributed by atoms with E-state index in [0.717, 1.165) is 12.6 Å².